The van der Waals surface area contributed by atoms with E-state index in [1.54, 1.807) is 6.92 Å². The molecule has 2 saturated heterocycles. The summed E-state index contributed by atoms with van der Waals surface area (Å²) in [5.74, 6) is -0.787. The molecule has 0 aromatic heterocycles. The van der Waals surface area contributed by atoms with Crippen molar-refractivity contribution in [2.45, 2.75) is 26.7 Å². The molecule has 2 aliphatic heterocycles. The molecule has 1 atom stereocenters. The highest BCUT2D eigenvalue weighted by molar-refractivity contribution is 5.83. The number of carboxylic acids is 1. The molecular weight excluding hydrogens is 232 g/mol. The number of likely N-dealkylation sites (tertiary alicyclic amines) is 1. The molecule has 102 valence electrons. The van der Waals surface area contributed by atoms with Gasteiger partial charge in [0.15, 0.2) is 0 Å². The second kappa shape index (κ2) is 4.88. The molecule has 0 bridgehead atoms. The normalized spacial score (nSPS) is 25.3. The fourth-order valence-electron chi connectivity index (χ4n) is 2.77. The van der Waals surface area contributed by atoms with Gasteiger partial charge in [0.05, 0.1) is 5.92 Å². The number of carbonyl (C=O) groups is 2. The van der Waals surface area contributed by atoms with Crippen molar-refractivity contribution in [2.75, 3.05) is 26.2 Å². The predicted octanol–water partition coefficient (Wildman–Crippen LogP) is 0.555. The van der Waals surface area contributed by atoms with Crippen molar-refractivity contribution in [3.8, 4) is 0 Å². The monoisotopic (exact) mass is 254 g/mol. The number of rotatable bonds is 3. The zero-order chi connectivity index (χ0) is 13.3. The largest absolute Gasteiger partial charge is 0.481 e. The molecular formula is C13H22N2O3. The molecule has 2 aliphatic rings. The maximum absolute atomic E-state index is 12.4. The molecule has 5 nitrogen and oxygen atoms in total. The highest BCUT2D eigenvalue weighted by atomic mass is 16.4. The van der Waals surface area contributed by atoms with Crippen molar-refractivity contribution in [2.24, 2.45) is 17.3 Å². The number of amides is 1. The number of aliphatic carboxylic acids is 1. The van der Waals surface area contributed by atoms with Crippen molar-refractivity contribution < 1.29 is 14.7 Å². The first kappa shape index (κ1) is 13.3. The van der Waals surface area contributed by atoms with Crippen LogP contribution in [0, 0.1) is 17.3 Å². The Morgan fingerprint density at radius 2 is 1.89 bits per heavy atom. The van der Waals surface area contributed by atoms with Crippen LogP contribution >= 0.6 is 0 Å². The Labute approximate surface area is 108 Å². The molecule has 0 radical (unpaired) electrons. The van der Waals surface area contributed by atoms with Crippen LogP contribution in [-0.4, -0.2) is 48.1 Å². The molecule has 2 heterocycles. The molecule has 1 amide bonds. The van der Waals surface area contributed by atoms with Crippen LogP contribution in [0.4, 0.5) is 0 Å². The number of hydrogen-bond acceptors (Lipinski definition) is 3. The summed E-state index contributed by atoms with van der Waals surface area (Å²) < 4.78 is 0. The minimum atomic E-state index is -0.764. The van der Waals surface area contributed by atoms with Crippen molar-refractivity contribution in [3.05, 3.63) is 0 Å². The first-order valence-corrected chi connectivity index (χ1v) is 6.67. The van der Waals surface area contributed by atoms with Crippen LogP contribution in [0.25, 0.3) is 0 Å². The second-order valence-corrected chi connectivity index (χ2v) is 5.91. The molecule has 0 aliphatic carbocycles. The summed E-state index contributed by atoms with van der Waals surface area (Å²) >= 11 is 0. The lowest BCUT2D eigenvalue weighted by molar-refractivity contribution is -0.156. The van der Waals surface area contributed by atoms with Gasteiger partial charge in [0.25, 0.3) is 0 Å². The average Bonchev–Trinajstić information content (AvgIpc) is 2.27. The fraction of sp³-hybridized carbons (Fsp3) is 0.846. The zero-order valence-corrected chi connectivity index (χ0v) is 11.1. The van der Waals surface area contributed by atoms with Gasteiger partial charge in [-0.15, -0.1) is 0 Å². The fourth-order valence-corrected chi connectivity index (χ4v) is 2.77. The van der Waals surface area contributed by atoms with Gasteiger partial charge in [-0.05, 0) is 25.9 Å². The summed E-state index contributed by atoms with van der Waals surface area (Å²) in [5.41, 5.74) is -0.247. The Morgan fingerprint density at radius 3 is 2.39 bits per heavy atom. The van der Waals surface area contributed by atoms with Crippen LogP contribution in [0.15, 0.2) is 0 Å². The van der Waals surface area contributed by atoms with E-state index >= 15 is 0 Å². The Morgan fingerprint density at radius 1 is 1.33 bits per heavy atom. The molecule has 5 heteroatoms. The average molecular weight is 254 g/mol. The molecule has 2 N–H and O–H groups in total. The van der Waals surface area contributed by atoms with E-state index in [1.165, 1.54) is 0 Å². The number of nitrogens with zero attached hydrogens (tertiary/aromatic N) is 1. The number of nitrogens with one attached hydrogen (secondary N) is 1. The van der Waals surface area contributed by atoms with Gasteiger partial charge in [-0.1, -0.05) is 13.8 Å². The summed E-state index contributed by atoms with van der Waals surface area (Å²) in [6.45, 7) is 6.76. The predicted molar refractivity (Wildman–Crippen MR) is 67.1 cm³/mol. The Bertz CT molecular complexity index is 344. The molecule has 0 aromatic rings. The third-order valence-corrected chi connectivity index (χ3v) is 4.52. The lowest BCUT2D eigenvalue weighted by Crippen LogP contribution is -2.58. The molecule has 1 unspecified atom stereocenters. The van der Waals surface area contributed by atoms with Gasteiger partial charge in [-0.2, -0.15) is 0 Å². The van der Waals surface area contributed by atoms with Crippen LogP contribution in [-0.2, 0) is 9.59 Å². The standard InChI is InChI=1S/C13H22N2O3/c1-9(11(16)17)10-7-15(8-10)12(18)13(2)3-5-14-6-4-13/h9-10,14H,3-8H2,1-2H3,(H,16,17). The minimum Gasteiger partial charge on any atom is -0.481 e. The highest BCUT2D eigenvalue weighted by Gasteiger charge is 2.44. The van der Waals surface area contributed by atoms with Gasteiger partial charge in [-0.25, -0.2) is 0 Å². The summed E-state index contributed by atoms with van der Waals surface area (Å²) in [6, 6.07) is 0. The van der Waals surface area contributed by atoms with E-state index in [4.69, 9.17) is 5.11 Å². The summed E-state index contributed by atoms with van der Waals surface area (Å²) in [4.78, 5) is 25.1. The van der Waals surface area contributed by atoms with Crippen molar-refractivity contribution in [1.82, 2.24) is 10.2 Å². The third-order valence-electron chi connectivity index (χ3n) is 4.52. The Balaban J connectivity index is 1.88. The van der Waals surface area contributed by atoms with Gasteiger partial charge in [0.1, 0.15) is 0 Å². The molecule has 2 fully saturated rings. The lowest BCUT2D eigenvalue weighted by Gasteiger charge is -2.46. The summed E-state index contributed by atoms with van der Waals surface area (Å²) in [7, 11) is 0. The number of hydrogen-bond donors (Lipinski definition) is 2. The van der Waals surface area contributed by atoms with E-state index in [2.05, 4.69) is 5.32 Å². The molecule has 0 spiro atoms. The van der Waals surface area contributed by atoms with E-state index in [0.29, 0.717) is 13.1 Å². The maximum atomic E-state index is 12.4. The maximum Gasteiger partial charge on any atom is 0.306 e. The second-order valence-electron chi connectivity index (χ2n) is 5.91. The van der Waals surface area contributed by atoms with E-state index in [0.717, 1.165) is 25.9 Å². The van der Waals surface area contributed by atoms with Crippen LogP contribution < -0.4 is 5.32 Å². The van der Waals surface area contributed by atoms with Gasteiger partial charge in [-0.3, -0.25) is 9.59 Å². The highest BCUT2D eigenvalue weighted by Crippen LogP contribution is 2.34. The molecule has 18 heavy (non-hydrogen) atoms. The zero-order valence-electron chi connectivity index (χ0n) is 11.1. The van der Waals surface area contributed by atoms with Gasteiger partial charge >= 0.3 is 5.97 Å². The Kier molecular flexibility index (Phi) is 3.61. The van der Waals surface area contributed by atoms with Crippen molar-refractivity contribution in [3.63, 3.8) is 0 Å². The quantitative estimate of drug-likeness (QED) is 0.772. The van der Waals surface area contributed by atoms with E-state index in [1.807, 2.05) is 11.8 Å². The number of carbonyl (C=O) groups excluding carboxylic acids is 1. The topological polar surface area (TPSA) is 69.6 Å². The lowest BCUT2D eigenvalue weighted by atomic mass is 9.77. The van der Waals surface area contributed by atoms with Crippen LogP contribution in [0.5, 0.6) is 0 Å². The summed E-state index contributed by atoms with van der Waals surface area (Å²) in [5, 5.41) is 12.2. The minimum absolute atomic E-state index is 0.122. The van der Waals surface area contributed by atoms with Gasteiger partial charge in [0.2, 0.25) is 5.91 Å². The number of piperidine rings is 1. The first-order chi connectivity index (χ1) is 8.44. The Hall–Kier alpha value is -1.10. The van der Waals surface area contributed by atoms with Crippen molar-refractivity contribution >= 4 is 11.9 Å². The van der Waals surface area contributed by atoms with Crippen LogP contribution in [0.1, 0.15) is 26.7 Å². The first-order valence-electron chi connectivity index (χ1n) is 6.67. The van der Waals surface area contributed by atoms with E-state index in [-0.39, 0.29) is 23.2 Å². The molecule has 0 saturated carbocycles. The molecule has 0 aromatic carbocycles. The number of carboxylic acid groups (broad SMARTS) is 1. The van der Waals surface area contributed by atoms with Gasteiger partial charge in [0, 0.05) is 24.4 Å². The van der Waals surface area contributed by atoms with Crippen molar-refractivity contribution in [1.29, 1.82) is 0 Å². The third kappa shape index (κ3) is 2.36. The van der Waals surface area contributed by atoms with Crippen LogP contribution in [0.3, 0.4) is 0 Å². The summed E-state index contributed by atoms with van der Waals surface area (Å²) in [6.07, 6.45) is 1.75. The van der Waals surface area contributed by atoms with E-state index < -0.39 is 5.97 Å². The van der Waals surface area contributed by atoms with Crippen LogP contribution in [0.2, 0.25) is 0 Å². The SMILES string of the molecule is CC(C(=O)O)C1CN(C(=O)C2(C)CCNCC2)C1. The smallest absolute Gasteiger partial charge is 0.306 e. The van der Waals surface area contributed by atoms with Gasteiger partial charge < -0.3 is 15.3 Å². The van der Waals surface area contributed by atoms with E-state index in [9.17, 15) is 9.59 Å². The molecule has 2 rings (SSSR count).